The van der Waals surface area contributed by atoms with E-state index in [0.717, 1.165) is 24.4 Å². The largest absolute Gasteiger partial charge is 0.364 e. The summed E-state index contributed by atoms with van der Waals surface area (Å²) in [5.41, 5.74) is -0.343. The highest BCUT2D eigenvalue weighted by Gasteiger charge is 2.27. The normalized spacial score (nSPS) is 11.0. The Hall–Kier alpha value is -2.37. The van der Waals surface area contributed by atoms with E-state index < -0.39 is 31.7 Å². The van der Waals surface area contributed by atoms with Crippen LogP contribution in [0.15, 0.2) is 29.4 Å². The predicted octanol–water partition coefficient (Wildman–Crippen LogP) is 1.21. The summed E-state index contributed by atoms with van der Waals surface area (Å²) in [5.74, 6) is -1.83. The lowest BCUT2D eigenvalue weighted by molar-refractivity contribution is -0.390. The fraction of sp³-hybridized carbons (Fsp3) is 0. The van der Waals surface area contributed by atoms with E-state index in [9.17, 15) is 23.3 Å². The van der Waals surface area contributed by atoms with Gasteiger partial charge in [-0.05, 0) is 27.6 Å². The van der Waals surface area contributed by atoms with E-state index >= 15 is 0 Å². The monoisotopic (exact) mass is 377 g/mol. The van der Waals surface area contributed by atoms with Gasteiger partial charge in [0.15, 0.2) is 0 Å². The van der Waals surface area contributed by atoms with E-state index in [1.165, 1.54) is 0 Å². The van der Waals surface area contributed by atoms with Crippen molar-refractivity contribution in [3.8, 4) is 0 Å². The third-order valence-electron chi connectivity index (χ3n) is 2.36. The Bertz CT molecular complexity index is 904. The van der Waals surface area contributed by atoms with Gasteiger partial charge in [0.1, 0.15) is 5.15 Å². The second kappa shape index (κ2) is 6.40. The number of nitro groups is 1. The van der Waals surface area contributed by atoms with E-state index in [4.69, 9.17) is 23.2 Å². The molecule has 1 amide bonds. The molecule has 0 unspecified atom stereocenters. The summed E-state index contributed by atoms with van der Waals surface area (Å²) in [5, 5.41) is 9.33. The maximum atomic E-state index is 12.0. The van der Waals surface area contributed by atoms with Crippen molar-refractivity contribution >= 4 is 45.0 Å². The molecule has 0 aliphatic heterocycles. The number of amides is 1. The van der Waals surface area contributed by atoms with Crippen molar-refractivity contribution < 1.29 is 18.1 Å². The number of carbonyl (C=O) groups excluding carboxylic acids is 1. The van der Waals surface area contributed by atoms with Gasteiger partial charge in [0, 0.05) is 18.3 Å². The van der Waals surface area contributed by atoms with Crippen molar-refractivity contribution in [1.29, 1.82) is 0 Å². The van der Waals surface area contributed by atoms with Gasteiger partial charge in [-0.2, -0.15) is 8.42 Å². The lowest BCUT2D eigenvalue weighted by Gasteiger charge is -2.05. The molecule has 2 aromatic heterocycles. The molecule has 23 heavy (non-hydrogen) atoms. The number of nitrogens with zero attached hydrogens (tertiary/aromatic N) is 4. The van der Waals surface area contributed by atoms with Crippen molar-refractivity contribution in [2.45, 2.75) is 5.03 Å². The third-order valence-corrected chi connectivity index (χ3v) is 4.06. The number of halogens is 2. The number of nitrogens with one attached hydrogen (secondary N) is 1. The topological polar surface area (TPSA) is 145 Å². The highest BCUT2D eigenvalue weighted by atomic mass is 35.5. The molecular weight excluding hydrogens is 373 g/mol. The van der Waals surface area contributed by atoms with Crippen molar-refractivity contribution in [3.05, 3.63) is 50.5 Å². The molecule has 13 heteroatoms. The number of sulfonamides is 1. The third kappa shape index (κ3) is 3.88. The van der Waals surface area contributed by atoms with Gasteiger partial charge in [0.25, 0.3) is 10.9 Å². The molecular formula is C10H5Cl2N5O5S. The predicted molar refractivity (Wildman–Crippen MR) is 77.6 cm³/mol. The van der Waals surface area contributed by atoms with Crippen LogP contribution in [0.4, 0.5) is 5.82 Å². The number of hydrogen-bond acceptors (Lipinski definition) is 8. The molecule has 0 atom stereocenters. The van der Waals surface area contributed by atoms with Crippen LogP contribution in [0.1, 0.15) is 10.4 Å². The van der Waals surface area contributed by atoms with Crippen LogP contribution < -0.4 is 4.72 Å². The smallest absolute Gasteiger partial charge is 0.358 e. The maximum absolute atomic E-state index is 12.0. The van der Waals surface area contributed by atoms with Crippen molar-refractivity contribution in [2.24, 2.45) is 0 Å². The molecule has 10 nitrogen and oxygen atoms in total. The fourth-order valence-electron chi connectivity index (χ4n) is 1.38. The molecule has 0 aliphatic rings. The van der Waals surface area contributed by atoms with E-state index in [1.54, 1.807) is 4.72 Å². The first-order chi connectivity index (χ1) is 10.7. The maximum Gasteiger partial charge on any atom is 0.364 e. The highest BCUT2D eigenvalue weighted by Crippen LogP contribution is 2.16. The van der Waals surface area contributed by atoms with Gasteiger partial charge in [0.05, 0.1) is 5.56 Å². The molecule has 2 heterocycles. The van der Waals surface area contributed by atoms with Crippen molar-refractivity contribution in [1.82, 2.24) is 19.7 Å². The van der Waals surface area contributed by atoms with Gasteiger partial charge in [-0.1, -0.05) is 11.6 Å². The van der Waals surface area contributed by atoms with Gasteiger partial charge in [-0.15, -0.1) is 0 Å². The molecule has 2 aromatic rings. The summed E-state index contributed by atoms with van der Waals surface area (Å²) >= 11 is 11.1. The summed E-state index contributed by atoms with van der Waals surface area (Å²) in [6, 6.07) is 3.11. The van der Waals surface area contributed by atoms with E-state index in [1.807, 2.05) is 0 Å². The van der Waals surface area contributed by atoms with Crippen LogP contribution in [0.5, 0.6) is 0 Å². The van der Waals surface area contributed by atoms with Crippen LogP contribution in [0.3, 0.4) is 0 Å². The molecule has 0 spiro atoms. The zero-order valence-electron chi connectivity index (χ0n) is 10.8. The quantitative estimate of drug-likeness (QED) is 0.362. The van der Waals surface area contributed by atoms with Gasteiger partial charge >= 0.3 is 15.8 Å². The molecule has 0 radical (unpaired) electrons. The molecule has 0 aliphatic carbocycles. The van der Waals surface area contributed by atoms with Gasteiger partial charge in [-0.25, -0.2) is 14.7 Å². The summed E-state index contributed by atoms with van der Waals surface area (Å²) in [6.07, 6.45) is 0.934. The minimum atomic E-state index is -4.45. The Morgan fingerprint density at radius 1 is 1.26 bits per heavy atom. The average Bonchev–Trinajstić information content (AvgIpc) is 2.46. The first kappa shape index (κ1) is 17.0. The van der Waals surface area contributed by atoms with Crippen LogP contribution in [0.2, 0.25) is 10.4 Å². The molecule has 0 bridgehead atoms. The fourth-order valence-corrected chi connectivity index (χ4v) is 2.70. The summed E-state index contributed by atoms with van der Waals surface area (Å²) in [4.78, 5) is 32.0. The lowest BCUT2D eigenvalue weighted by Crippen LogP contribution is -2.31. The van der Waals surface area contributed by atoms with Crippen molar-refractivity contribution in [2.75, 3.05) is 0 Å². The zero-order valence-corrected chi connectivity index (χ0v) is 13.1. The van der Waals surface area contributed by atoms with Gasteiger partial charge in [-0.3, -0.25) is 4.79 Å². The number of carbonyl (C=O) groups is 1. The van der Waals surface area contributed by atoms with Crippen LogP contribution >= 0.6 is 23.2 Å². The Labute approximate surface area is 138 Å². The molecule has 0 saturated heterocycles. The van der Waals surface area contributed by atoms with E-state index in [-0.39, 0.29) is 16.0 Å². The Morgan fingerprint density at radius 3 is 2.57 bits per heavy atom. The second-order valence-corrected chi connectivity index (χ2v) is 6.19. The summed E-state index contributed by atoms with van der Waals surface area (Å²) < 4.78 is 25.7. The molecule has 1 N–H and O–H groups in total. The standard InChI is InChI=1S/C10H5Cl2N5O5S/c11-8-5(4-13-10(12)15-8)9(18)16-23(21,22)7-3-1-2-6(14-7)17(19)20/h1-4H,(H,16,18). The summed E-state index contributed by atoms with van der Waals surface area (Å²) in [6.45, 7) is 0. The second-order valence-electron chi connectivity index (χ2n) is 3.87. The summed E-state index contributed by atoms with van der Waals surface area (Å²) in [7, 11) is -4.45. The molecule has 0 fully saturated rings. The minimum Gasteiger partial charge on any atom is -0.358 e. The Morgan fingerprint density at radius 2 is 1.96 bits per heavy atom. The van der Waals surface area contributed by atoms with Gasteiger partial charge in [0.2, 0.25) is 5.28 Å². The SMILES string of the molecule is O=C(NS(=O)(=O)c1cccc([N+](=O)[O-])n1)c1cnc(Cl)nc1Cl. The first-order valence-electron chi connectivity index (χ1n) is 5.57. The molecule has 0 saturated carbocycles. The van der Waals surface area contributed by atoms with Crippen LogP contribution in [0, 0.1) is 10.1 Å². The average molecular weight is 378 g/mol. The number of rotatable bonds is 4. The zero-order chi connectivity index (χ0) is 17.2. The molecule has 2 rings (SSSR count). The Kier molecular flexibility index (Phi) is 4.73. The molecule has 120 valence electrons. The van der Waals surface area contributed by atoms with E-state index in [2.05, 4.69) is 15.0 Å². The molecule has 0 aromatic carbocycles. The van der Waals surface area contributed by atoms with Crippen LogP contribution in [-0.4, -0.2) is 34.2 Å². The number of aromatic nitrogens is 3. The first-order valence-corrected chi connectivity index (χ1v) is 7.81. The minimum absolute atomic E-state index is 0.227. The lowest BCUT2D eigenvalue weighted by atomic mass is 10.3. The Balaban J connectivity index is 2.32. The van der Waals surface area contributed by atoms with Crippen LogP contribution in [-0.2, 0) is 10.0 Å². The number of hydrogen-bond donors (Lipinski definition) is 1. The van der Waals surface area contributed by atoms with Gasteiger partial charge < -0.3 is 10.1 Å². The number of pyridine rings is 1. The van der Waals surface area contributed by atoms with Crippen LogP contribution in [0.25, 0.3) is 0 Å². The van der Waals surface area contributed by atoms with E-state index in [0.29, 0.717) is 0 Å². The highest BCUT2D eigenvalue weighted by molar-refractivity contribution is 7.90. The van der Waals surface area contributed by atoms with Crippen molar-refractivity contribution in [3.63, 3.8) is 0 Å².